The van der Waals surface area contributed by atoms with Gasteiger partial charge >= 0.3 is 0 Å². The number of carbonyl (C=O) groups excluding carboxylic acids is 1. The minimum atomic E-state index is -0.0702. The molecule has 4 nitrogen and oxygen atoms in total. The molecule has 0 bridgehead atoms. The number of Topliss-reactive ketones (excluding diaryl/α,β-unsaturated/α-hetero) is 1. The number of anilines is 1. The summed E-state index contributed by atoms with van der Waals surface area (Å²) in [4.78, 5) is 14.5. The number of carbonyl (C=O) groups is 1. The van der Waals surface area contributed by atoms with Crippen molar-refractivity contribution in [3.05, 3.63) is 12.0 Å². The number of nitrogen functional groups attached to an aromatic ring is 1. The van der Waals surface area contributed by atoms with Crippen molar-refractivity contribution in [1.29, 1.82) is 0 Å². The molecule has 0 aliphatic carbocycles. The Labute approximate surface area is 58.7 Å². The van der Waals surface area contributed by atoms with E-state index in [4.69, 9.17) is 5.73 Å². The monoisotopic (exact) mass is 139 g/mol. The minimum absolute atomic E-state index is 0.0702. The Balaban J connectivity index is 3.15. The van der Waals surface area contributed by atoms with Crippen molar-refractivity contribution in [3.8, 4) is 0 Å². The summed E-state index contributed by atoms with van der Waals surface area (Å²) in [5, 5.41) is 0. The molecule has 0 aromatic carbocycles. The van der Waals surface area contributed by atoms with Crippen molar-refractivity contribution in [2.45, 2.75) is 6.92 Å². The molecule has 0 amide bonds. The van der Waals surface area contributed by atoms with Crippen molar-refractivity contribution in [1.82, 2.24) is 9.55 Å². The SMILES string of the molecule is CC(=O)c1nc(N)cn1C. The standard InChI is InChI=1S/C6H9N3O/c1-4(10)6-8-5(7)3-9(6)2/h3H,7H2,1-2H3. The van der Waals surface area contributed by atoms with Crippen molar-refractivity contribution >= 4 is 11.6 Å². The number of hydrogen-bond acceptors (Lipinski definition) is 3. The molecule has 0 aliphatic rings. The first-order valence-corrected chi connectivity index (χ1v) is 2.91. The molecule has 0 saturated carbocycles. The lowest BCUT2D eigenvalue weighted by molar-refractivity contribution is 0.100. The zero-order valence-electron chi connectivity index (χ0n) is 5.96. The first-order chi connectivity index (χ1) is 4.61. The first-order valence-electron chi connectivity index (χ1n) is 2.91. The van der Waals surface area contributed by atoms with Gasteiger partial charge in [-0.1, -0.05) is 0 Å². The van der Waals surface area contributed by atoms with Crippen LogP contribution in [-0.2, 0) is 7.05 Å². The summed E-state index contributed by atoms with van der Waals surface area (Å²) in [6.07, 6.45) is 1.61. The van der Waals surface area contributed by atoms with Gasteiger partial charge in [0.2, 0.25) is 0 Å². The molecule has 1 heterocycles. The van der Waals surface area contributed by atoms with Crippen LogP contribution in [0.1, 0.15) is 17.5 Å². The van der Waals surface area contributed by atoms with E-state index in [0.717, 1.165) is 0 Å². The Morgan fingerprint density at radius 2 is 2.40 bits per heavy atom. The maximum Gasteiger partial charge on any atom is 0.195 e. The summed E-state index contributed by atoms with van der Waals surface area (Å²) >= 11 is 0. The maximum absolute atomic E-state index is 10.7. The van der Waals surface area contributed by atoms with Crippen molar-refractivity contribution in [2.75, 3.05) is 5.73 Å². The quantitative estimate of drug-likeness (QED) is 0.565. The molecular formula is C6H9N3O. The predicted molar refractivity (Wildman–Crippen MR) is 37.6 cm³/mol. The van der Waals surface area contributed by atoms with Gasteiger partial charge in [-0.05, 0) is 0 Å². The van der Waals surface area contributed by atoms with Gasteiger partial charge in [0.15, 0.2) is 11.6 Å². The van der Waals surface area contributed by atoms with Gasteiger partial charge in [0, 0.05) is 20.2 Å². The van der Waals surface area contributed by atoms with Crippen LogP contribution in [0.4, 0.5) is 5.82 Å². The van der Waals surface area contributed by atoms with Crippen LogP contribution in [0.5, 0.6) is 0 Å². The summed E-state index contributed by atoms with van der Waals surface area (Å²) < 4.78 is 1.61. The summed E-state index contributed by atoms with van der Waals surface area (Å²) in [6, 6.07) is 0. The maximum atomic E-state index is 10.7. The van der Waals surface area contributed by atoms with Crippen LogP contribution in [0.3, 0.4) is 0 Å². The molecule has 1 aromatic heterocycles. The molecule has 0 saturated heterocycles. The van der Waals surface area contributed by atoms with Gasteiger partial charge in [0.1, 0.15) is 5.82 Å². The fourth-order valence-electron chi connectivity index (χ4n) is 0.817. The largest absolute Gasteiger partial charge is 0.382 e. The molecule has 0 spiro atoms. The predicted octanol–water partition coefficient (Wildman–Crippen LogP) is 0.205. The van der Waals surface area contributed by atoms with E-state index in [9.17, 15) is 4.79 Å². The van der Waals surface area contributed by atoms with Crippen molar-refractivity contribution in [2.24, 2.45) is 7.05 Å². The van der Waals surface area contributed by atoms with Gasteiger partial charge < -0.3 is 10.3 Å². The molecule has 1 aromatic rings. The van der Waals surface area contributed by atoms with E-state index in [-0.39, 0.29) is 5.78 Å². The van der Waals surface area contributed by atoms with Crippen LogP contribution in [0.25, 0.3) is 0 Å². The molecule has 2 N–H and O–H groups in total. The van der Waals surface area contributed by atoms with Gasteiger partial charge in [0.25, 0.3) is 0 Å². The van der Waals surface area contributed by atoms with Crippen LogP contribution in [-0.4, -0.2) is 15.3 Å². The summed E-state index contributed by atoms with van der Waals surface area (Å²) in [5.41, 5.74) is 5.33. The van der Waals surface area contributed by atoms with Crippen LogP contribution < -0.4 is 5.73 Å². The lowest BCUT2D eigenvalue weighted by atomic mass is 10.4. The second-order valence-corrected chi connectivity index (χ2v) is 2.16. The third-order valence-electron chi connectivity index (χ3n) is 1.21. The Morgan fingerprint density at radius 3 is 2.60 bits per heavy atom. The Morgan fingerprint density at radius 1 is 1.80 bits per heavy atom. The van der Waals surface area contributed by atoms with E-state index in [1.165, 1.54) is 6.92 Å². The number of nitrogens with zero attached hydrogens (tertiary/aromatic N) is 2. The Bertz CT molecular complexity index is 264. The van der Waals surface area contributed by atoms with E-state index >= 15 is 0 Å². The number of aromatic nitrogens is 2. The number of aryl methyl sites for hydroxylation is 1. The number of hydrogen-bond donors (Lipinski definition) is 1. The van der Waals surface area contributed by atoms with E-state index in [1.54, 1.807) is 17.8 Å². The third kappa shape index (κ3) is 1.00. The average Bonchev–Trinajstić information content (AvgIpc) is 2.10. The van der Waals surface area contributed by atoms with Crippen LogP contribution >= 0.6 is 0 Å². The van der Waals surface area contributed by atoms with Crippen LogP contribution in [0.2, 0.25) is 0 Å². The average molecular weight is 139 g/mol. The highest BCUT2D eigenvalue weighted by Crippen LogP contribution is 2.01. The minimum Gasteiger partial charge on any atom is -0.382 e. The Hall–Kier alpha value is -1.32. The third-order valence-corrected chi connectivity index (χ3v) is 1.21. The molecule has 10 heavy (non-hydrogen) atoms. The van der Waals surface area contributed by atoms with Crippen molar-refractivity contribution < 1.29 is 4.79 Å². The zero-order valence-corrected chi connectivity index (χ0v) is 5.96. The molecule has 0 aliphatic heterocycles. The van der Waals surface area contributed by atoms with Crippen molar-refractivity contribution in [3.63, 3.8) is 0 Å². The van der Waals surface area contributed by atoms with Gasteiger partial charge in [-0.25, -0.2) is 4.98 Å². The molecule has 4 heteroatoms. The van der Waals surface area contributed by atoms with E-state index < -0.39 is 0 Å². The lowest BCUT2D eigenvalue weighted by Gasteiger charge is -1.91. The molecule has 1 rings (SSSR count). The number of imidazole rings is 1. The second-order valence-electron chi connectivity index (χ2n) is 2.16. The normalized spacial score (nSPS) is 9.80. The van der Waals surface area contributed by atoms with Gasteiger partial charge in [-0.2, -0.15) is 0 Å². The molecule has 54 valence electrons. The number of nitrogens with two attached hydrogens (primary N) is 1. The fourth-order valence-corrected chi connectivity index (χ4v) is 0.817. The van der Waals surface area contributed by atoms with E-state index in [1.807, 2.05) is 0 Å². The molecule has 0 unspecified atom stereocenters. The van der Waals surface area contributed by atoms with Gasteiger partial charge in [-0.15, -0.1) is 0 Å². The lowest BCUT2D eigenvalue weighted by Crippen LogP contribution is -2.02. The topological polar surface area (TPSA) is 60.9 Å². The molecular weight excluding hydrogens is 130 g/mol. The zero-order chi connectivity index (χ0) is 7.72. The highest BCUT2D eigenvalue weighted by Gasteiger charge is 2.05. The first kappa shape index (κ1) is 6.80. The molecule has 0 radical (unpaired) electrons. The van der Waals surface area contributed by atoms with Crippen LogP contribution in [0, 0.1) is 0 Å². The summed E-state index contributed by atoms with van der Waals surface area (Å²) in [7, 11) is 1.74. The summed E-state index contributed by atoms with van der Waals surface area (Å²) in [6.45, 7) is 1.46. The smallest absolute Gasteiger partial charge is 0.195 e. The molecule has 0 fully saturated rings. The van der Waals surface area contributed by atoms with Gasteiger partial charge in [0.05, 0.1) is 0 Å². The Kier molecular flexibility index (Phi) is 1.45. The fraction of sp³-hybridized carbons (Fsp3) is 0.333. The van der Waals surface area contributed by atoms with Gasteiger partial charge in [-0.3, -0.25) is 4.79 Å². The number of rotatable bonds is 1. The number of ketones is 1. The molecule has 0 atom stereocenters. The second kappa shape index (κ2) is 2.13. The highest BCUT2D eigenvalue weighted by molar-refractivity contribution is 5.91. The van der Waals surface area contributed by atoms with E-state index in [2.05, 4.69) is 4.98 Å². The van der Waals surface area contributed by atoms with Crippen LogP contribution in [0.15, 0.2) is 6.20 Å². The highest BCUT2D eigenvalue weighted by atomic mass is 16.1. The summed E-state index contributed by atoms with van der Waals surface area (Å²) in [5.74, 6) is 0.712. The van der Waals surface area contributed by atoms with E-state index in [0.29, 0.717) is 11.6 Å².